The summed E-state index contributed by atoms with van der Waals surface area (Å²) in [7, 11) is 1.83. The van der Waals surface area contributed by atoms with Gasteiger partial charge in [0.1, 0.15) is 0 Å². The summed E-state index contributed by atoms with van der Waals surface area (Å²) in [6, 6.07) is 10.6. The van der Waals surface area contributed by atoms with Crippen LogP contribution in [0.15, 0.2) is 36.4 Å². The average Bonchev–Trinajstić information content (AvgIpc) is 2.59. The Kier molecular flexibility index (Phi) is 6.99. The number of anilines is 2. The lowest BCUT2D eigenvalue weighted by molar-refractivity contribution is -0.885. The highest BCUT2D eigenvalue weighted by Crippen LogP contribution is 2.21. The molecule has 0 fully saturated rings. The lowest BCUT2D eigenvalue weighted by atomic mass is 10.1. The maximum atomic E-state index is 12.5. The van der Waals surface area contributed by atoms with Crippen molar-refractivity contribution in [2.75, 3.05) is 24.2 Å². The summed E-state index contributed by atoms with van der Waals surface area (Å²) in [5.74, 6) is -0.265. The van der Waals surface area contributed by atoms with Crippen LogP contribution in [-0.4, -0.2) is 31.4 Å². The van der Waals surface area contributed by atoms with E-state index in [-0.39, 0.29) is 24.4 Å². The summed E-state index contributed by atoms with van der Waals surface area (Å²) in [5, 5.41) is 6.44. The second kappa shape index (κ2) is 9.02. The van der Waals surface area contributed by atoms with Crippen LogP contribution in [0, 0.1) is 20.8 Å². The third-order valence-electron chi connectivity index (χ3n) is 4.63. The number of halogens is 1. The number of hydrogen-bond donors (Lipinski definition) is 3. The van der Waals surface area contributed by atoms with E-state index in [1.54, 1.807) is 31.2 Å². The zero-order chi connectivity index (χ0) is 20.1. The topological polar surface area (TPSA) is 62.6 Å². The van der Waals surface area contributed by atoms with Gasteiger partial charge in [0.05, 0.1) is 7.05 Å². The van der Waals surface area contributed by atoms with E-state index in [4.69, 9.17) is 11.6 Å². The molecule has 0 aliphatic rings. The Morgan fingerprint density at radius 1 is 1.04 bits per heavy atom. The number of carbonyl (C=O) groups is 2. The normalized spacial score (nSPS) is 13.0. The van der Waals surface area contributed by atoms with Crippen LogP contribution in [0.25, 0.3) is 0 Å². The molecule has 6 heteroatoms. The molecule has 2 atom stereocenters. The Hall–Kier alpha value is -2.37. The molecule has 0 heterocycles. The van der Waals surface area contributed by atoms with Gasteiger partial charge in [0.2, 0.25) is 0 Å². The number of rotatable bonds is 6. The first-order valence-electron chi connectivity index (χ1n) is 8.94. The number of carbonyl (C=O) groups excluding carboxylic acids is 2. The Morgan fingerprint density at radius 3 is 2.15 bits per heavy atom. The third kappa shape index (κ3) is 5.81. The van der Waals surface area contributed by atoms with Gasteiger partial charge in [0, 0.05) is 16.4 Å². The molecule has 0 saturated heterocycles. The second-order valence-corrected chi connectivity index (χ2v) is 7.50. The number of benzene rings is 2. The minimum Gasteiger partial charge on any atom is -0.321 e. The highest BCUT2D eigenvalue weighted by atomic mass is 35.5. The van der Waals surface area contributed by atoms with Crippen LogP contribution in [-0.2, 0) is 9.59 Å². The van der Waals surface area contributed by atoms with Gasteiger partial charge in [0.15, 0.2) is 12.6 Å². The van der Waals surface area contributed by atoms with Gasteiger partial charge >= 0.3 is 0 Å². The summed E-state index contributed by atoms with van der Waals surface area (Å²) >= 11 is 5.85. The SMILES string of the molecule is Cc1cc(C)c(NC(=O)C[NH+](C)[C@@H](C)C(=O)Nc2ccc(Cl)cc2)c(C)c1. The summed E-state index contributed by atoms with van der Waals surface area (Å²) < 4.78 is 0. The van der Waals surface area contributed by atoms with Crippen LogP contribution < -0.4 is 15.5 Å². The molecule has 0 bridgehead atoms. The Morgan fingerprint density at radius 2 is 1.59 bits per heavy atom. The fraction of sp³-hybridized carbons (Fsp3) is 0.333. The van der Waals surface area contributed by atoms with Crippen molar-refractivity contribution < 1.29 is 14.5 Å². The first kappa shape index (κ1) is 20.9. The molecular formula is C21H27ClN3O2+. The maximum Gasteiger partial charge on any atom is 0.282 e. The van der Waals surface area contributed by atoms with Crippen molar-refractivity contribution in [3.8, 4) is 0 Å². The Balaban J connectivity index is 1.95. The van der Waals surface area contributed by atoms with Crippen LogP contribution in [0.4, 0.5) is 11.4 Å². The standard InChI is InChI=1S/C21H26ClN3O2/c1-13-10-14(2)20(15(3)11-13)24-19(26)12-25(5)16(4)21(27)23-18-8-6-17(22)7-9-18/h6-11,16H,12H2,1-5H3,(H,23,27)(H,24,26)/p+1/t16-/m0/s1. The molecule has 0 aliphatic heterocycles. The molecule has 0 aromatic heterocycles. The zero-order valence-electron chi connectivity index (χ0n) is 16.4. The van der Waals surface area contributed by atoms with Gasteiger partial charge in [-0.25, -0.2) is 0 Å². The van der Waals surface area contributed by atoms with E-state index < -0.39 is 0 Å². The van der Waals surface area contributed by atoms with Gasteiger partial charge in [-0.3, -0.25) is 9.59 Å². The molecule has 3 N–H and O–H groups in total. The number of amides is 2. The monoisotopic (exact) mass is 388 g/mol. The lowest BCUT2D eigenvalue weighted by Crippen LogP contribution is -3.14. The number of likely N-dealkylation sites (N-methyl/N-ethyl adjacent to an activating group) is 1. The van der Waals surface area contributed by atoms with Crippen molar-refractivity contribution in [2.45, 2.75) is 33.7 Å². The molecule has 2 aromatic rings. The fourth-order valence-electron chi connectivity index (χ4n) is 2.97. The summed E-state index contributed by atoms with van der Waals surface area (Å²) in [5.41, 5.74) is 4.76. The smallest absolute Gasteiger partial charge is 0.282 e. The van der Waals surface area contributed by atoms with Crippen LogP contribution >= 0.6 is 11.6 Å². The molecule has 2 rings (SSSR count). The van der Waals surface area contributed by atoms with Crippen LogP contribution in [0.3, 0.4) is 0 Å². The van der Waals surface area contributed by atoms with E-state index in [2.05, 4.69) is 10.6 Å². The van der Waals surface area contributed by atoms with Gasteiger partial charge in [-0.2, -0.15) is 0 Å². The maximum absolute atomic E-state index is 12.5. The van der Waals surface area contributed by atoms with Crippen LogP contribution in [0.5, 0.6) is 0 Å². The quantitative estimate of drug-likeness (QED) is 0.712. The predicted molar refractivity (Wildman–Crippen MR) is 111 cm³/mol. The molecule has 0 aliphatic carbocycles. The van der Waals surface area contributed by atoms with Gasteiger partial charge in [-0.05, 0) is 63.1 Å². The molecule has 2 aromatic carbocycles. The van der Waals surface area contributed by atoms with E-state index in [1.807, 2.05) is 40.0 Å². The van der Waals surface area contributed by atoms with Gasteiger partial charge in [-0.1, -0.05) is 29.3 Å². The molecule has 144 valence electrons. The average molecular weight is 389 g/mol. The fourth-order valence-corrected chi connectivity index (χ4v) is 3.10. The minimum atomic E-state index is -0.383. The Labute approximate surface area is 165 Å². The van der Waals surface area contributed by atoms with Gasteiger partial charge in [0.25, 0.3) is 11.8 Å². The second-order valence-electron chi connectivity index (χ2n) is 7.06. The van der Waals surface area contributed by atoms with Crippen molar-refractivity contribution in [1.29, 1.82) is 0 Å². The summed E-state index contributed by atoms with van der Waals surface area (Å²) in [6.45, 7) is 7.99. The predicted octanol–water partition coefficient (Wildman–Crippen LogP) is 2.75. The number of aryl methyl sites for hydroxylation is 3. The van der Waals surface area contributed by atoms with Crippen molar-refractivity contribution >= 4 is 34.8 Å². The molecular weight excluding hydrogens is 362 g/mol. The first-order valence-corrected chi connectivity index (χ1v) is 9.31. The van der Waals surface area contributed by atoms with Gasteiger partial charge in [-0.15, -0.1) is 0 Å². The van der Waals surface area contributed by atoms with Crippen molar-refractivity contribution in [3.63, 3.8) is 0 Å². The molecule has 27 heavy (non-hydrogen) atoms. The molecule has 1 unspecified atom stereocenters. The zero-order valence-corrected chi connectivity index (χ0v) is 17.2. The first-order chi connectivity index (χ1) is 12.7. The van der Waals surface area contributed by atoms with Crippen molar-refractivity contribution in [3.05, 3.63) is 58.1 Å². The minimum absolute atomic E-state index is 0.117. The molecule has 0 radical (unpaired) electrons. The van der Waals surface area contributed by atoms with Crippen LogP contribution in [0.2, 0.25) is 5.02 Å². The van der Waals surface area contributed by atoms with E-state index in [1.165, 1.54) is 5.56 Å². The molecule has 2 amide bonds. The largest absolute Gasteiger partial charge is 0.321 e. The van der Waals surface area contributed by atoms with Crippen LogP contribution in [0.1, 0.15) is 23.6 Å². The van der Waals surface area contributed by atoms with E-state index >= 15 is 0 Å². The van der Waals surface area contributed by atoms with Crippen molar-refractivity contribution in [1.82, 2.24) is 0 Å². The number of quaternary nitrogens is 1. The number of hydrogen-bond acceptors (Lipinski definition) is 2. The number of nitrogens with one attached hydrogen (secondary N) is 3. The van der Waals surface area contributed by atoms with Crippen molar-refractivity contribution in [2.24, 2.45) is 0 Å². The van der Waals surface area contributed by atoms with E-state index in [0.717, 1.165) is 21.7 Å². The van der Waals surface area contributed by atoms with Gasteiger partial charge < -0.3 is 15.5 Å². The lowest BCUT2D eigenvalue weighted by Gasteiger charge is -2.21. The van der Waals surface area contributed by atoms with E-state index in [9.17, 15) is 9.59 Å². The highest BCUT2D eigenvalue weighted by Gasteiger charge is 2.24. The summed E-state index contributed by atoms with van der Waals surface area (Å²) in [4.78, 5) is 25.7. The molecule has 0 saturated carbocycles. The highest BCUT2D eigenvalue weighted by molar-refractivity contribution is 6.30. The molecule has 0 spiro atoms. The Bertz CT molecular complexity index is 811. The third-order valence-corrected chi connectivity index (χ3v) is 4.88. The van der Waals surface area contributed by atoms with E-state index in [0.29, 0.717) is 10.7 Å². The molecule has 5 nitrogen and oxygen atoms in total. The summed E-state index contributed by atoms with van der Waals surface area (Å²) in [6.07, 6.45) is 0.